The Morgan fingerprint density at radius 1 is 0.969 bits per heavy atom. The smallest absolute Gasteiger partial charge is 0.338 e. The molecule has 0 radical (unpaired) electrons. The molecule has 0 bridgehead atoms. The van der Waals surface area contributed by atoms with Crippen LogP contribution >= 0.6 is 0 Å². The van der Waals surface area contributed by atoms with E-state index >= 15 is 0 Å². The van der Waals surface area contributed by atoms with E-state index in [9.17, 15) is 14.4 Å². The molecule has 0 aliphatic carbocycles. The van der Waals surface area contributed by atoms with Crippen LogP contribution in [-0.2, 0) is 20.7 Å². The maximum Gasteiger partial charge on any atom is 0.338 e. The maximum atomic E-state index is 13.1. The molecule has 2 aromatic carbocycles. The SMILES string of the molecule is CC(C)COC(=O)c1cccc(NC(=O)C(Cc2ccccc2)NC(=O)CC(C)(C)C)c1. The zero-order valence-electron chi connectivity index (χ0n) is 19.6. The van der Waals surface area contributed by atoms with Gasteiger partial charge in [-0.1, -0.05) is 71.0 Å². The second-order valence-corrected chi connectivity index (χ2v) is 9.61. The minimum absolute atomic E-state index is 0.181. The van der Waals surface area contributed by atoms with E-state index in [0.29, 0.717) is 30.7 Å². The summed E-state index contributed by atoms with van der Waals surface area (Å²) in [5.41, 5.74) is 1.58. The number of rotatable bonds is 9. The summed E-state index contributed by atoms with van der Waals surface area (Å²) in [6.45, 7) is 10.2. The zero-order chi connectivity index (χ0) is 23.7. The number of anilines is 1. The number of hydrogen-bond donors (Lipinski definition) is 2. The van der Waals surface area contributed by atoms with Gasteiger partial charge < -0.3 is 15.4 Å². The van der Waals surface area contributed by atoms with Crippen molar-refractivity contribution in [3.05, 3.63) is 65.7 Å². The van der Waals surface area contributed by atoms with Gasteiger partial charge in [-0.15, -0.1) is 0 Å². The number of hydrogen-bond acceptors (Lipinski definition) is 4. The Morgan fingerprint density at radius 2 is 1.66 bits per heavy atom. The second kappa shape index (κ2) is 11.5. The summed E-state index contributed by atoms with van der Waals surface area (Å²) in [7, 11) is 0. The van der Waals surface area contributed by atoms with E-state index in [4.69, 9.17) is 4.74 Å². The van der Waals surface area contributed by atoms with Crippen LogP contribution < -0.4 is 10.6 Å². The normalized spacial score (nSPS) is 12.2. The van der Waals surface area contributed by atoms with Gasteiger partial charge in [0.25, 0.3) is 0 Å². The van der Waals surface area contributed by atoms with Crippen LogP contribution in [0.4, 0.5) is 5.69 Å². The Bertz CT molecular complexity index is 917. The standard InChI is InChI=1S/C26H34N2O4/c1-18(2)17-32-25(31)20-12-9-13-21(15-20)27-24(30)22(14-19-10-7-6-8-11-19)28-23(29)16-26(3,4)5/h6-13,15,18,22H,14,16-17H2,1-5H3,(H,27,30)(H,28,29). The molecule has 2 aromatic rings. The molecule has 0 aliphatic heterocycles. The topological polar surface area (TPSA) is 84.5 Å². The number of esters is 1. The van der Waals surface area contributed by atoms with Crippen molar-refractivity contribution in [1.82, 2.24) is 5.32 Å². The number of nitrogens with one attached hydrogen (secondary N) is 2. The minimum Gasteiger partial charge on any atom is -0.462 e. The van der Waals surface area contributed by atoms with Gasteiger partial charge >= 0.3 is 5.97 Å². The van der Waals surface area contributed by atoms with Crippen molar-refractivity contribution < 1.29 is 19.1 Å². The quantitative estimate of drug-likeness (QED) is 0.560. The lowest BCUT2D eigenvalue weighted by atomic mass is 9.91. The average molecular weight is 439 g/mol. The minimum atomic E-state index is -0.746. The molecular formula is C26H34N2O4. The third-order valence-electron chi connectivity index (χ3n) is 4.54. The fourth-order valence-corrected chi connectivity index (χ4v) is 3.07. The molecule has 2 rings (SSSR count). The summed E-state index contributed by atoms with van der Waals surface area (Å²) in [5, 5.41) is 5.70. The molecule has 2 amide bonds. The fourth-order valence-electron chi connectivity index (χ4n) is 3.07. The van der Waals surface area contributed by atoms with E-state index < -0.39 is 12.0 Å². The number of benzene rings is 2. The van der Waals surface area contributed by atoms with Crippen molar-refractivity contribution in [3.8, 4) is 0 Å². The van der Waals surface area contributed by atoms with Crippen LogP contribution in [0.15, 0.2) is 54.6 Å². The average Bonchev–Trinajstić information content (AvgIpc) is 2.71. The maximum absolute atomic E-state index is 13.1. The van der Waals surface area contributed by atoms with Crippen molar-refractivity contribution in [2.24, 2.45) is 11.3 Å². The molecule has 1 atom stereocenters. The van der Waals surface area contributed by atoms with E-state index in [1.807, 2.05) is 65.0 Å². The van der Waals surface area contributed by atoms with Gasteiger partial charge in [0.2, 0.25) is 11.8 Å². The Labute approximate surface area is 190 Å². The molecule has 6 nitrogen and oxygen atoms in total. The molecule has 0 fully saturated rings. The van der Waals surface area contributed by atoms with Crippen LogP contribution in [0.2, 0.25) is 0 Å². The van der Waals surface area contributed by atoms with Gasteiger partial charge in [-0.2, -0.15) is 0 Å². The van der Waals surface area contributed by atoms with Crippen LogP contribution in [-0.4, -0.2) is 30.4 Å². The fraction of sp³-hybridized carbons (Fsp3) is 0.423. The van der Waals surface area contributed by atoms with Crippen molar-refractivity contribution in [3.63, 3.8) is 0 Å². The lowest BCUT2D eigenvalue weighted by molar-refractivity contribution is -0.127. The highest BCUT2D eigenvalue weighted by atomic mass is 16.5. The van der Waals surface area contributed by atoms with Crippen LogP contribution in [0.1, 0.15) is 57.0 Å². The molecule has 2 N–H and O–H groups in total. The second-order valence-electron chi connectivity index (χ2n) is 9.61. The van der Waals surface area contributed by atoms with Crippen molar-refractivity contribution in [2.75, 3.05) is 11.9 Å². The van der Waals surface area contributed by atoms with Crippen molar-refractivity contribution in [1.29, 1.82) is 0 Å². The van der Waals surface area contributed by atoms with Gasteiger partial charge in [0.15, 0.2) is 0 Å². The van der Waals surface area contributed by atoms with Gasteiger partial charge in [-0.25, -0.2) is 4.79 Å². The van der Waals surface area contributed by atoms with Gasteiger partial charge in [0.05, 0.1) is 12.2 Å². The molecular weight excluding hydrogens is 404 g/mol. The number of carbonyl (C=O) groups excluding carboxylic acids is 3. The first-order chi connectivity index (χ1) is 15.0. The summed E-state index contributed by atoms with van der Waals surface area (Å²) >= 11 is 0. The predicted octanol–water partition coefficient (Wildman–Crippen LogP) is 4.60. The highest BCUT2D eigenvalue weighted by Gasteiger charge is 2.24. The molecule has 6 heteroatoms. The van der Waals surface area contributed by atoms with Gasteiger partial charge in [0.1, 0.15) is 6.04 Å². The summed E-state index contributed by atoms with van der Waals surface area (Å²) in [6, 6.07) is 15.4. The van der Waals surface area contributed by atoms with Gasteiger partial charge in [0, 0.05) is 18.5 Å². The molecule has 1 unspecified atom stereocenters. The van der Waals surface area contributed by atoms with E-state index in [-0.39, 0.29) is 23.1 Å². The molecule has 0 heterocycles. The number of ether oxygens (including phenoxy) is 1. The Kier molecular flexibility index (Phi) is 9.00. The number of amides is 2. The molecule has 0 saturated heterocycles. The summed E-state index contributed by atoms with van der Waals surface area (Å²) in [5.74, 6) is -0.727. The van der Waals surface area contributed by atoms with E-state index in [0.717, 1.165) is 5.56 Å². The monoisotopic (exact) mass is 438 g/mol. The summed E-state index contributed by atoms with van der Waals surface area (Å²) in [6.07, 6.45) is 0.668. The summed E-state index contributed by atoms with van der Waals surface area (Å²) < 4.78 is 5.27. The van der Waals surface area contributed by atoms with E-state index in [1.54, 1.807) is 24.3 Å². The van der Waals surface area contributed by atoms with Gasteiger partial charge in [-0.05, 0) is 35.1 Å². The lowest BCUT2D eigenvalue weighted by Crippen LogP contribution is -2.46. The Balaban J connectivity index is 2.14. The van der Waals surface area contributed by atoms with Crippen LogP contribution in [0.3, 0.4) is 0 Å². The van der Waals surface area contributed by atoms with Gasteiger partial charge in [-0.3, -0.25) is 9.59 Å². The van der Waals surface area contributed by atoms with E-state index in [1.165, 1.54) is 0 Å². The van der Waals surface area contributed by atoms with Crippen LogP contribution in [0.5, 0.6) is 0 Å². The third kappa shape index (κ3) is 8.92. The first-order valence-corrected chi connectivity index (χ1v) is 10.9. The van der Waals surface area contributed by atoms with Crippen LogP contribution in [0, 0.1) is 11.3 Å². The van der Waals surface area contributed by atoms with Crippen molar-refractivity contribution >= 4 is 23.5 Å². The largest absolute Gasteiger partial charge is 0.462 e. The molecule has 0 saturated carbocycles. The third-order valence-corrected chi connectivity index (χ3v) is 4.54. The Hall–Kier alpha value is -3.15. The highest BCUT2D eigenvalue weighted by Crippen LogP contribution is 2.19. The molecule has 0 spiro atoms. The predicted molar refractivity (Wildman–Crippen MR) is 126 cm³/mol. The van der Waals surface area contributed by atoms with Crippen LogP contribution in [0.25, 0.3) is 0 Å². The first-order valence-electron chi connectivity index (χ1n) is 10.9. The highest BCUT2D eigenvalue weighted by molar-refractivity contribution is 5.98. The Morgan fingerprint density at radius 3 is 2.28 bits per heavy atom. The molecule has 172 valence electrons. The molecule has 32 heavy (non-hydrogen) atoms. The molecule has 0 aromatic heterocycles. The van der Waals surface area contributed by atoms with E-state index in [2.05, 4.69) is 10.6 Å². The zero-order valence-corrected chi connectivity index (χ0v) is 19.6. The first kappa shape index (κ1) is 25.1. The molecule has 0 aliphatic rings. The summed E-state index contributed by atoms with van der Waals surface area (Å²) in [4.78, 5) is 37.9. The lowest BCUT2D eigenvalue weighted by Gasteiger charge is -2.22. The van der Waals surface area contributed by atoms with Crippen molar-refractivity contribution in [2.45, 2.75) is 53.5 Å². The number of carbonyl (C=O) groups is 3.